The van der Waals surface area contributed by atoms with Crippen LogP contribution < -0.4 is 4.90 Å². The number of anilines is 1. The highest BCUT2D eigenvalue weighted by Crippen LogP contribution is 2.17. The highest BCUT2D eigenvalue weighted by molar-refractivity contribution is 7.89. The highest BCUT2D eigenvalue weighted by atomic mass is 35.5. The summed E-state index contributed by atoms with van der Waals surface area (Å²) >= 11 is 5.51. The van der Waals surface area contributed by atoms with E-state index in [0.29, 0.717) is 13.1 Å². The number of halogens is 2. The van der Waals surface area contributed by atoms with E-state index in [9.17, 15) is 8.42 Å². The molecule has 1 fully saturated rings. The van der Waals surface area contributed by atoms with E-state index in [1.54, 1.807) is 0 Å². The predicted molar refractivity (Wildman–Crippen MR) is 82.0 cm³/mol. The second-order valence-corrected chi connectivity index (χ2v) is 6.69. The summed E-state index contributed by atoms with van der Waals surface area (Å²) in [6, 6.07) is 10.1. The van der Waals surface area contributed by atoms with E-state index in [1.165, 1.54) is 4.31 Å². The van der Waals surface area contributed by atoms with Crippen LogP contribution in [0.1, 0.15) is 0 Å². The minimum absolute atomic E-state index is 0. The maximum atomic E-state index is 11.9. The van der Waals surface area contributed by atoms with Gasteiger partial charge in [0.15, 0.2) is 0 Å². The lowest BCUT2D eigenvalue weighted by molar-refractivity contribution is 0.385. The first-order valence-electron chi connectivity index (χ1n) is 5.97. The second kappa shape index (κ2) is 7.33. The maximum absolute atomic E-state index is 11.9. The smallest absolute Gasteiger partial charge is 0.215 e. The Bertz CT molecular complexity index is 474. The Morgan fingerprint density at radius 2 is 1.63 bits per heavy atom. The van der Waals surface area contributed by atoms with Gasteiger partial charge in [0, 0.05) is 37.7 Å². The number of rotatable bonds is 4. The number of alkyl halides is 1. The molecule has 108 valence electrons. The van der Waals surface area contributed by atoms with Crippen LogP contribution in [-0.4, -0.2) is 50.5 Å². The van der Waals surface area contributed by atoms with Crippen LogP contribution in [0.4, 0.5) is 5.69 Å². The molecule has 0 radical (unpaired) electrons. The van der Waals surface area contributed by atoms with Gasteiger partial charge in [-0.15, -0.1) is 24.0 Å². The highest BCUT2D eigenvalue weighted by Gasteiger charge is 2.26. The monoisotopic (exact) mass is 324 g/mol. The summed E-state index contributed by atoms with van der Waals surface area (Å²) in [5.74, 6) is 0.182. The summed E-state index contributed by atoms with van der Waals surface area (Å²) in [5, 5.41) is 0. The van der Waals surface area contributed by atoms with E-state index in [-0.39, 0.29) is 24.0 Å². The number of piperazine rings is 1. The van der Waals surface area contributed by atoms with Crippen molar-refractivity contribution in [1.29, 1.82) is 0 Å². The Morgan fingerprint density at radius 1 is 1.05 bits per heavy atom. The first-order chi connectivity index (χ1) is 8.63. The van der Waals surface area contributed by atoms with Crippen LogP contribution in [0.5, 0.6) is 0 Å². The molecule has 1 aliphatic rings. The summed E-state index contributed by atoms with van der Waals surface area (Å²) in [6.07, 6.45) is 0. The molecule has 0 saturated carbocycles. The van der Waals surface area contributed by atoms with Gasteiger partial charge in [0.1, 0.15) is 0 Å². The molecule has 1 saturated heterocycles. The second-order valence-electron chi connectivity index (χ2n) is 4.23. The van der Waals surface area contributed by atoms with Crippen molar-refractivity contribution in [3.8, 4) is 0 Å². The van der Waals surface area contributed by atoms with Crippen LogP contribution >= 0.6 is 24.0 Å². The fraction of sp³-hybridized carbons (Fsp3) is 0.500. The van der Waals surface area contributed by atoms with Crippen molar-refractivity contribution >= 4 is 39.7 Å². The van der Waals surface area contributed by atoms with Crippen molar-refractivity contribution in [2.24, 2.45) is 0 Å². The van der Waals surface area contributed by atoms with Crippen LogP contribution in [-0.2, 0) is 10.0 Å². The van der Waals surface area contributed by atoms with Gasteiger partial charge >= 0.3 is 0 Å². The zero-order chi connectivity index (χ0) is 13.0. The van der Waals surface area contributed by atoms with Crippen molar-refractivity contribution in [2.45, 2.75) is 0 Å². The molecule has 2 rings (SSSR count). The zero-order valence-electron chi connectivity index (χ0n) is 10.5. The Kier molecular flexibility index (Phi) is 6.39. The third kappa shape index (κ3) is 4.24. The molecule has 1 aromatic rings. The Morgan fingerprint density at radius 3 is 2.16 bits per heavy atom. The molecule has 0 spiro atoms. The van der Waals surface area contributed by atoms with Crippen LogP contribution in [0, 0.1) is 0 Å². The molecule has 0 atom stereocenters. The average molecular weight is 325 g/mol. The van der Waals surface area contributed by atoms with Gasteiger partial charge < -0.3 is 4.90 Å². The molecular formula is C12H18Cl2N2O2S. The minimum atomic E-state index is -3.16. The lowest BCUT2D eigenvalue weighted by Gasteiger charge is -2.35. The summed E-state index contributed by atoms with van der Waals surface area (Å²) in [4.78, 5) is 2.20. The molecule has 1 heterocycles. The normalized spacial score (nSPS) is 17.0. The molecule has 7 heteroatoms. The molecule has 1 aliphatic heterocycles. The van der Waals surface area contributed by atoms with Crippen LogP contribution in [0.15, 0.2) is 30.3 Å². The van der Waals surface area contributed by atoms with Gasteiger partial charge in [-0.05, 0) is 12.1 Å². The van der Waals surface area contributed by atoms with E-state index in [1.807, 2.05) is 30.3 Å². The fourth-order valence-electron chi connectivity index (χ4n) is 2.09. The molecule has 19 heavy (non-hydrogen) atoms. The van der Waals surface area contributed by atoms with Crippen molar-refractivity contribution < 1.29 is 8.42 Å². The third-order valence-electron chi connectivity index (χ3n) is 3.09. The molecule has 0 aliphatic carbocycles. The van der Waals surface area contributed by atoms with Crippen LogP contribution in [0.3, 0.4) is 0 Å². The van der Waals surface area contributed by atoms with Gasteiger partial charge in [0.2, 0.25) is 10.0 Å². The molecule has 1 aromatic carbocycles. The van der Waals surface area contributed by atoms with Gasteiger partial charge in [-0.1, -0.05) is 18.2 Å². The number of hydrogen-bond acceptors (Lipinski definition) is 3. The molecule has 0 N–H and O–H groups in total. The van der Waals surface area contributed by atoms with E-state index in [2.05, 4.69) is 4.90 Å². The SMILES string of the molecule is Cl.O=S(=O)(CCCl)N1CCN(c2ccccc2)CC1. The van der Waals surface area contributed by atoms with Crippen LogP contribution in [0.2, 0.25) is 0 Å². The van der Waals surface area contributed by atoms with E-state index >= 15 is 0 Å². The van der Waals surface area contributed by atoms with Gasteiger partial charge in [0.25, 0.3) is 0 Å². The quantitative estimate of drug-likeness (QED) is 0.793. The summed E-state index contributed by atoms with van der Waals surface area (Å²) < 4.78 is 25.2. The Labute approximate surface area is 125 Å². The van der Waals surface area contributed by atoms with E-state index < -0.39 is 10.0 Å². The van der Waals surface area contributed by atoms with E-state index in [4.69, 9.17) is 11.6 Å². The molecule has 0 aromatic heterocycles. The fourth-order valence-corrected chi connectivity index (χ4v) is 3.85. The number of benzene rings is 1. The molecule has 0 unspecified atom stereocenters. The van der Waals surface area contributed by atoms with Crippen molar-refractivity contribution in [2.75, 3.05) is 42.7 Å². The average Bonchev–Trinajstić information content (AvgIpc) is 2.40. The molecule has 0 amide bonds. The Balaban J connectivity index is 0.00000180. The van der Waals surface area contributed by atoms with E-state index in [0.717, 1.165) is 18.8 Å². The van der Waals surface area contributed by atoms with Gasteiger partial charge in [-0.25, -0.2) is 8.42 Å². The van der Waals surface area contributed by atoms with Gasteiger partial charge in [-0.2, -0.15) is 4.31 Å². The minimum Gasteiger partial charge on any atom is -0.369 e. The number of sulfonamides is 1. The zero-order valence-corrected chi connectivity index (χ0v) is 12.9. The summed E-state index contributed by atoms with van der Waals surface area (Å²) in [5.41, 5.74) is 1.15. The first-order valence-corrected chi connectivity index (χ1v) is 8.11. The van der Waals surface area contributed by atoms with Gasteiger partial charge in [-0.3, -0.25) is 0 Å². The maximum Gasteiger partial charge on any atom is 0.215 e. The lowest BCUT2D eigenvalue weighted by Crippen LogP contribution is -2.49. The molecule has 0 bridgehead atoms. The topological polar surface area (TPSA) is 40.6 Å². The summed E-state index contributed by atoms with van der Waals surface area (Å²) in [7, 11) is -3.16. The standard InChI is InChI=1S/C12H17ClN2O2S.ClH/c13-6-11-18(16,17)15-9-7-14(8-10-15)12-4-2-1-3-5-12;/h1-5H,6-11H2;1H. The first kappa shape index (κ1) is 16.6. The third-order valence-corrected chi connectivity index (χ3v) is 5.37. The largest absolute Gasteiger partial charge is 0.369 e. The van der Waals surface area contributed by atoms with Crippen LogP contribution in [0.25, 0.3) is 0 Å². The predicted octanol–water partition coefficient (Wildman–Crippen LogP) is 1.80. The van der Waals surface area contributed by atoms with Crippen molar-refractivity contribution in [3.63, 3.8) is 0 Å². The number of para-hydroxylation sites is 1. The summed E-state index contributed by atoms with van der Waals surface area (Å²) in [6.45, 7) is 2.53. The molecular weight excluding hydrogens is 307 g/mol. The number of nitrogens with zero attached hydrogens (tertiary/aromatic N) is 2. The molecule has 4 nitrogen and oxygen atoms in total. The van der Waals surface area contributed by atoms with Crippen molar-refractivity contribution in [3.05, 3.63) is 30.3 Å². The van der Waals surface area contributed by atoms with Gasteiger partial charge in [0.05, 0.1) is 5.75 Å². The van der Waals surface area contributed by atoms with Crippen molar-refractivity contribution in [1.82, 2.24) is 4.31 Å². The number of hydrogen-bond donors (Lipinski definition) is 0. The Hall–Kier alpha value is -0.490. The lowest BCUT2D eigenvalue weighted by atomic mass is 10.2.